The van der Waals surface area contributed by atoms with Crippen LogP contribution in [0.25, 0.3) is 0 Å². The molecule has 0 saturated carbocycles. The Balaban J connectivity index is 4.07. The van der Waals surface area contributed by atoms with Crippen molar-refractivity contribution in [3.8, 4) is 0 Å². The molecule has 0 saturated heterocycles. The van der Waals surface area contributed by atoms with Crippen LogP contribution in [0.1, 0.15) is 20.8 Å². The van der Waals surface area contributed by atoms with Gasteiger partial charge >= 0.3 is 0 Å². The molecule has 5 heteroatoms. The third kappa shape index (κ3) is 5.04. The maximum Gasteiger partial charge on any atom is 0.205 e. The molecule has 0 aromatic heterocycles. The van der Waals surface area contributed by atoms with Gasteiger partial charge in [0, 0.05) is 13.7 Å². The number of nitrogens with two attached hydrogens (primary N) is 1. The Bertz CT molecular complexity index is 170. The summed E-state index contributed by atoms with van der Waals surface area (Å²) in [5.74, 6) is 6.33. The molecule has 4 N–H and O–H groups in total. The van der Waals surface area contributed by atoms with Gasteiger partial charge in [-0.25, -0.2) is 5.84 Å². The van der Waals surface area contributed by atoms with Gasteiger partial charge in [0.1, 0.15) is 0 Å². The zero-order valence-corrected chi connectivity index (χ0v) is 9.50. The average Bonchev–Trinajstić information content (AvgIpc) is 2.18. The minimum absolute atomic E-state index is 0.227. The number of nitrogens with one attached hydrogen (secondary N) is 2. The van der Waals surface area contributed by atoms with Crippen LogP contribution in [0.4, 0.5) is 0 Å². The van der Waals surface area contributed by atoms with Crippen molar-refractivity contribution in [1.29, 1.82) is 0 Å². The lowest BCUT2D eigenvalue weighted by Crippen LogP contribution is -2.49. The smallest absolute Gasteiger partial charge is 0.205 e. The van der Waals surface area contributed by atoms with Gasteiger partial charge in [-0.1, -0.05) is 13.8 Å². The SMILES string of the molecule is CCOCC(NC(=NC)NN)C(C)C. The number of guanidine groups is 1. The van der Waals surface area contributed by atoms with Crippen molar-refractivity contribution in [2.24, 2.45) is 16.8 Å². The molecule has 0 heterocycles. The summed E-state index contributed by atoms with van der Waals surface area (Å²) in [4.78, 5) is 3.95. The molecule has 0 radical (unpaired) electrons. The van der Waals surface area contributed by atoms with Crippen LogP contribution in [-0.4, -0.2) is 32.3 Å². The molecule has 0 rings (SSSR count). The Morgan fingerprint density at radius 3 is 2.50 bits per heavy atom. The summed E-state index contributed by atoms with van der Waals surface area (Å²) in [6, 6.07) is 0.227. The Labute approximate surface area is 86.1 Å². The zero-order chi connectivity index (χ0) is 11.0. The summed E-state index contributed by atoms with van der Waals surface area (Å²) in [5.41, 5.74) is 2.50. The van der Waals surface area contributed by atoms with Crippen LogP contribution in [0, 0.1) is 5.92 Å². The van der Waals surface area contributed by atoms with Crippen molar-refractivity contribution in [1.82, 2.24) is 10.7 Å². The van der Waals surface area contributed by atoms with E-state index < -0.39 is 0 Å². The molecular formula is C9H22N4O. The molecule has 14 heavy (non-hydrogen) atoms. The van der Waals surface area contributed by atoms with Crippen LogP contribution in [-0.2, 0) is 4.74 Å². The third-order valence-corrected chi connectivity index (χ3v) is 1.99. The van der Waals surface area contributed by atoms with Gasteiger partial charge in [-0.05, 0) is 12.8 Å². The standard InChI is InChI=1S/C9H22N4O/c1-5-14-6-8(7(2)3)12-9(11-4)13-10/h7-8H,5-6,10H2,1-4H3,(H2,11,12,13). The highest BCUT2D eigenvalue weighted by molar-refractivity contribution is 5.79. The van der Waals surface area contributed by atoms with E-state index in [1.54, 1.807) is 7.05 Å². The predicted molar refractivity (Wildman–Crippen MR) is 58.9 cm³/mol. The largest absolute Gasteiger partial charge is 0.380 e. The third-order valence-electron chi connectivity index (χ3n) is 1.99. The van der Waals surface area contributed by atoms with Crippen LogP contribution >= 0.6 is 0 Å². The highest BCUT2D eigenvalue weighted by Crippen LogP contribution is 2.01. The minimum Gasteiger partial charge on any atom is -0.380 e. The van der Waals surface area contributed by atoms with Crippen molar-refractivity contribution in [2.45, 2.75) is 26.8 Å². The first-order chi connectivity index (χ1) is 6.65. The van der Waals surface area contributed by atoms with E-state index in [-0.39, 0.29) is 6.04 Å². The van der Waals surface area contributed by atoms with Crippen LogP contribution < -0.4 is 16.6 Å². The van der Waals surface area contributed by atoms with Gasteiger partial charge in [0.25, 0.3) is 0 Å². The first-order valence-corrected chi connectivity index (χ1v) is 4.93. The van der Waals surface area contributed by atoms with E-state index in [4.69, 9.17) is 10.6 Å². The molecule has 0 fully saturated rings. The van der Waals surface area contributed by atoms with Crippen molar-refractivity contribution in [2.75, 3.05) is 20.3 Å². The molecule has 0 spiro atoms. The molecule has 0 aliphatic rings. The van der Waals surface area contributed by atoms with Crippen LogP contribution in [0.2, 0.25) is 0 Å². The number of hydrogen-bond acceptors (Lipinski definition) is 3. The highest BCUT2D eigenvalue weighted by Gasteiger charge is 2.14. The number of aliphatic imine (C=N–C) groups is 1. The molecule has 5 nitrogen and oxygen atoms in total. The van der Waals surface area contributed by atoms with E-state index in [2.05, 4.69) is 29.6 Å². The van der Waals surface area contributed by atoms with Crippen LogP contribution in [0.3, 0.4) is 0 Å². The van der Waals surface area contributed by atoms with Crippen molar-refractivity contribution in [3.05, 3.63) is 0 Å². The lowest BCUT2D eigenvalue weighted by atomic mass is 10.1. The van der Waals surface area contributed by atoms with E-state index in [1.807, 2.05) is 6.92 Å². The molecule has 0 aromatic carbocycles. The fourth-order valence-corrected chi connectivity index (χ4v) is 0.992. The normalized spacial score (nSPS) is 14.3. The molecule has 1 atom stereocenters. The van der Waals surface area contributed by atoms with Gasteiger partial charge in [0.2, 0.25) is 5.96 Å². The van der Waals surface area contributed by atoms with E-state index in [1.165, 1.54) is 0 Å². The van der Waals surface area contributed by atoms with E-state index in [9.17, 15) is 0 Å². The van der Waals surface area contributed by atoms with Crippen molar-refractivity contribution >= 4 is 5.96 Å². The van der Waals surface area contributed by atoms with Gasteiger partial charge < -0.3 is 10.1 Å². The maximum atomic E-state index is 5.36. The summed E-state index contributed by atoms with van der Waals surface area (Å²) >= 11 is 0. The summed E-state index contributed by atoms with van der Waals surface area (Å²) in [6.45, 7) is 7.61. The second-order valence-electron chi connectivity index (χ2n) is 3.37. The molecule has 0 aliphatic carbocycles. The lowest BCUT2D eigenvalue weighted by Gasteiger charge is -2.23. The highest BCUT2D eigenvalue weighted by atomic mass is 16.5. The lowest BCUT2D eigenvalue weighted by molar-refractivity contribution is 0.115. The van der Waals surface area contributed by atoms with Gasteiger partial charge in [-0.3, -0.25) is 10.4 Å². The van der Waals surface area contributed by atoms with E-state index in [0.29, 0.717) is 18.5 Å². The molecule has 0 amide bonds. The van der Waals surface area contributed by atoms with Crippen LogP contribution in [0.15, 0.2) is 4.99 Å². The Hall–Kier alpha value is -0.810. The van der Waals surface area contributed by atoms with Crippen LogP contribution in [0.5, 0.6) is 0 Å². The Morgan fingerprint density at radius 1 is 1.50 bits per heavy atom. The minimum atomic E-state index is 0.227. The molecular weight excluding hydrogens is 180 g/mol. The summed E-state index contributed by atoms with van der Waals surface area (Å²) in [6.07, 6.45) is 0. The van der Waals surface area contributed by atoms with Gasteiger partial charge in [-0.15, -0.1) is 0 Å². The number of rotatable bonds is 5. The first-order valence-electron chi connectivity index (χ1n) is 4.93. The van der Waals surface area contributed by atoms with Crippen molar-refractivity contribution < 1.29 is 4.74 Å². The first kappa shape index (κ1) is 13.2. The second-order valence-corrected chi connectivity index (χ2v) is 3.37. The predicted octanol–water partition coefficient (Wildman–Crippen LogP) is 0.0862. The molecule has 84 valence electrons. The quantitative estimate of drug-likeness (QED) is 0.256. The Morgan fingerprint density at radius 2 is 2.14 bits per heavy atom. The fraction of sp³-hybridized carbons (Fsp3) is 0.889. The van der Waals surface area contributed by atoms with Crippen molar-refractivity contribution in [3.63, 3.8) is 0 Å². The summed E-state index contributed by atoms with van der Waals surface area (Å²) in [5, 5.41) is 3.18. The number of hydrogen-bond donors (Lipinski definition) is 3. The zero-order valence-electron chi connectivity index (χ0n) is 9.50. The molecule has 0 bridgehead atoms. The molecule has 0 aliphatic heterocycles. The van der Waals surface area contributed by atoms with E-state index in [0.717, 1.165) is 6.61 Å². The Kier molecular flexibility index (Phi) is 7.14. The summed E-state index contributed by atoms with van der Waals surface area (Å²) in [7, 11) is 1.68. The maximum absolute atomic E-state index is 5.36. The number of ether oxygens (including phenoxy) is 1. The average molecular weight is 202 g/mol. The summed E-state index contributed by atoms with van der Waals surface area (Å²) < 4.78 is 5.36. The van der Waals surface area contributed by atoms with Gasteiger partial charge in [0.05, 0.1) is 12.6 Å². The molecule has 1 unspecified atom stereocenters. The fourth-order valence-electron chi connectivity index (χ4n) is 0.992. The topological polar surface area (TPSA) is 71.7 Å². The second kappa shape index (κ2) is 7.58. The molecule has 0 aromatic rings. The monoisotopic (exact) mass is 202 g/mol. The van der Waals surface area contributed by atoms with Gasteiger partial charge in [0.15, 0.2) is 0 Å². The van der Waals surface area contributed by atoms with Gasteiger partial charge in [-0.2, -0.15) is 0 Å². The number of hydrazine groups is 1. The number of nitrogens with zero attached hydrogens (tertiary/aromatic N) is 1. The van der Waals surface area contributed by atoms with E-state index >= 15 is 0 Å².